The van der Waals surface area contributed by atoms with Gasteiger partial charge in [-0.1, -0.05) is 26.0 Å². The molecule has 6 heteroatoms. The Labute approximate surface area is 145 Å². The first-order chi connectivity index (χ1) is 11.5. The summed E-state index contributed by atoms with van der Waals surface area (Å²) in [7, 11) is 1.65. The van der Waals surface area contributed by atoms with E-state index in [0.717, 1.165) is 17.9 Å². The number of methoxy groups -OCH3 is 1. The SMILES string of the molecule is CCNC(=NCc1cccc(OC)c1)NCC(O)COCC(C)C. The lowest BCUT2D eigenvalue weighted by Crippen LogP contribution is -2.42. The van der Waals surface area contributed by atoms with E-state index in [2.05, 4.69) is 29.5 Å². The number of hydrogen-bond acceptors (Lipinski definition) is 4. The summed E-state index contributed by atoms with van der Waals surface area (Å²) in [5.74, 6) is 1.95. The van der Waals surface area contributed by atoms with Gasteiger partial charge in [-0.2, -0.15) is 0 Å². The summed E-state index contributed by atoms with van der Waals surface area (Å²) < 4.78 is 10.7. The zero-order valence-corrected chi connectivity index (χ0v) is 15.2. The molecule has 136 valence electrons. The molecule has 1 rings (SSSR count). The smallest absolute Gasteiger partial charge is 0.191 e. The number of benzene rings is 1. The highest BCUT2D eigenvalue weighted by atomic mass is 16.5. The molecule has 0 heterocycles. The maximum atomic E-state index is 9.95. The average Bonchev–Trinajstić information content (AvgIpc) is 2.57. The van der Waals surface area contributed by atoms with Gasteiger partial charge in [0.15, 0.2) is 5.96 Å². The van der Waals surface area contributed by atoms with Gasteiger partial charge in [0.2, 0.25) is 0 Å². The number of guanidine groups is 1. The minimum atomic E-state index is -0.565. The number of nitrogens with one attached hydrogen (secondary N) is 2. The lowest BCUT2D eigenvalue weighted by atomic mass is 10.2. The monoisotopic (exact) mass is 337 g/mol. The molecule has 1 atom stereocenters. The summed E-state index contributed by atoms with van der Waals surface area (Å²) in [6.07, 6.45) is -0.565. The molecule has 6 nitrogen and oxygen atoms in total. The molecular weight excluding hydrogens is 306 g/mol. The van der Waals surface area contributed by atoms with Gasteiger partial charge in [0, 0.05) is 19.7 Å². The van der Waals surface area contributed by atoms with E-state index in [4.69, 9.17) is 9.47 Å². The van der Waals surface area contributed by atoms with Crippen molar-refractivity contribution in [2.24, 2.45) is 10.9 Å². The van der Waals surface area contributed by atoms with Crippen molar-refractivity contribution in [2.75, 3.05) is 33.4 Å². The highest BCUT2D eigenvalue weighted by molar-refractivity contribution is 5.79. The molecule has 0 saturated heterocycles. The van der Waals surface area contributed by atoms with Crippen LogP contribution >= 0.6 is 0 Å². The molecule has 1 aromatic rings. The summed E-state index contributed by atoms with van der Waals surface area (Å²) in [5.41, 5.74) is 1.06. The number of nitrogens with zero attached hydrogens (tertiary/aromatic N) is 1. The Hall–Kier alpha value is -1.79. The van der Waals surface area contributed by atoms with E-state index < -0.39 is 6.10 Å². The van der Waals surface area contributed by atoms with Crippen molar-refractivity contribution in [1.82, 2.24) is 10.6 Å². The first-order valence-corrected chi connectivity index (χ1v) is 8.46. The molecule has 0 bridgehead atoms. The molecule has 0 saturated carbocycles. The quantitative estimate of drug-likeness (QED) is 0.448. The highest BCUT2D eigenvalue weighted by Crippen LogP contribution is 2.13. The zero-order chi connectivity index (χ0) is 17.8. The number of hydrogen-bond donors (Lipinski definition) is 3. The third-order valence-electron chi connectivity index (χ3n) is 3.16. The van der Waals surface area contributed by atoms with Crippen LogP contribution in [0.25, 0.3) is 0 Å². The fraction of sp³-hybridized carbons (Fsp3) is 0.611. The summed E-state index contributed by atoms with van der Waals surface area (Å²) in [5, 5.41) is 16.2. The maximum absolute atomic E-state index is 9.95. The molecule has 3 N–H and O–H groups in total. The fourth-order valence-corrected chi connectivity index (χ4v) is 2.00. The Kier molecular flexibility index (Phi) is 9.88. The Morgan fingerprint density at radius 1 is 1.25 bits per heavy atom. The number of aliphatic imine (C=N–C) groups is 1. The fourth-order valence-electron chi connectivity index (χ4n) is 2.00. The number of ether oxygens (including phenoxy) is 2. The molecule has 0 spiro atoms. The third-order valence-corrected chi connectivity index (χ3v) is 3.16. The van der Waals surface area contributed by atoms with Gasteiger partial charge < -0.3 is 25.2 Å². The van der Waals surface area contributed by atoms with E-state index >= 15 is 0 Å². The van der Waals surface area contributed by atoms with E-state index in [1.807, 2.05) is 31.2 Å². The number of aliphatic hydroxyl groups excluding tert-OH is 1. The van der Waals surface area contributed by atoms with Gasteiger partial charge in [-0.3, -0.25) is 0 Å². The maximum Gasteiger partial charge on any atom is 0.191 e. The normalized spacial score (nSPS) is 13.0. The van der Waals surface area contributed by atoms with Crippen molar-refractivity contribution < 1.29 is 14.6 Å². The molecule has 0 aliphatic rings. The van der Waals surface area contributed by atoms with Gasteiger partial charge in [-0.15, -0.1) is 0 Å². The second-order valence-electron chi connectivity index (χ2n) is 6.01. The van der Waals surface area contributed by atoms with Crippen LogP contribution in [0.5, 0.6) is 5.75 Å². The third kappa shape index (κ3) is 8.74. The molecule has 0 amide bonds. The molecule has 0 radical (unpaired) electrons. The molecule has 0 aliphatic carbocycles. The summed E-state index contributed by atoms with van der Waals surface area (Å²) >= 11 is 0. The minimum Gasteiger partial charge on any atom is -0.497 e. The Morgan fingerprint density at radius 2 is 2.04 bits per heavy atom. The Morgan fingerprint density at radius 3 is 2.71 bits per heavy atom. The largest absolute Gasteiger partial charge is 0.497 e. The topological polar surface area (TPSA) is 75.1 Å². The molecule has 0 aromatic heterocycles. The van der Waals surface area contributed by atoms with Crippen LogP contribution in [-0.4, -0.2) is 50.6 Å². The van der Waals surface area contributed by atoms with E-state index in [0.29, 0.717) is 38.2 Å². The van der Waals surface area contributed by atoms with E-state index in [1.165, 1.54) is 0 Å². The molecule has 1 aromatic carbocycles. The summed E-state index contributed by atoms with van der Waals surface area (Å²) in [6, 6.07) is 7.82. The minimum absolute atomic E-state index is 0.320. The van der Waals surface area contributed by atoms with Crippen molar-refractivity contribution in [3.63, 3.8) is 0 Å². The van der Waals surface area contributed by atoms with Crippen molar-refractivity contribution >= 4 is 5.96 Å². The number of rotatable bonds is 10. The summed E-state index contributed by atoms with van der Waals surface area (Å²) in [6.45, 7) is 8.82. The van der Waals surface area contributed by atoms with Gasteiger partial charge in [0.25, 0.3) is 0 Å². The highest BCUT2D eigenvalue weighted by Gasteiger charge is 2.06. The molecule has 1 unspecified atom stereocenters. The molecule has 0 aliphatic heterocycles. The first-order valence-electron chi connectivity index (χ1n) is 8.46. The second-order valence-corrected chi connectivity index (χ2v) is 6.01. The van der Waals surface area contributed by atoms with Gasteiger partial charge >= 0.3 is 0 Å². The van der Waals surface area contributed by atoms with Crippen LogP contribution in [-0.2, 0) is 11.3 Å². The van der Waals surface area contributed by atoms with Gasteiger partial charge in [-0.25, -0.2) is 4.99 Å². The zero-order valence-electron chi connectivity index (χ0n) is 15.2. The van der Waals surface area contributed by atoms with Crippen molar-refractivity contribution in [2.45, 2.75) is 33.4 Å². The lowest BCUT2D eigenvalue weighted by Gasteiger charge is -2.16. The van der Waals surface area contributed by atoms with Gasteiger partial charge in [-0.05, 0) is 30.5 Å². The number of aliphatic hydroxyl groups is 1. The van der Waals surface area contributed by atoms with E-state index in [1.54, 1.807) is 7.11 Å². The lowest BCUT2D eigenvalue weighted by molar-refractivity contribution is 0.0280. The van der Waals surface area contributed by atoms with E-state index in [9.17, 15) is 5.11 Å². The Bertz CT molecular complexity index is 492. The van der Waals surface area contributed by atoms with Crippen LogP contribution in [0.4, 0.5) is 0 Å². The predicted octanol–water partition coefficient (Wildman–Crippen LogP) is 1.78. The van der Waals surface area contributed by atoms with Crippen LogP contribution in [0.2, 0.25) is 0 Å². The predicted molar refractivity (Wildman–Crippen MR) is 97.5 cm³/mol. The summed E-state index contributed by atoms with van der Waals surface area (Å²) in [4.78, 5) is 4.53. The van der Waals surface area contributed by atoms with Crippen LogP contribution in [0.15, 0.2) is 29.3 Å². The van der Waals surface area contributed by atoms with Crippen molar-refractivity contribution in [3.05, 3.63) is 29.8 Å². The van der Waals surface area contributed by atoms with Crippen molar-refractivity contribution in [1.29, 1.82) is 0 Å². The average molecular weight is 337 g/mol. The van der Waals surface area contributed by atoms with Crippen molar-refractivity contribution in [3.8, 4) is 5.75 Å². The van der Waals surface area contributed by atoms with Crippen LogP contribution in [0.1, 0.15) is 26.3 Å². The molecule has 0 fully saturated rings. The second kappa shape index (κ2) is 11.7. The standard InChI is InChI=1S/C18H31N3O3/c1-5-19-18(21-11-16(22)13-24-12-14(2)3)20-10-15-7-6-8-17(9-15)23-4/h6-9,14,16,22H,5,10-13H2,1-4H3,(H2,19,20,21). The van der Waals surface area contributed by atoms with Crippen LogP contribution in [0.3, 0.4) is 0 Å². The first kappa shape index (κ1) is 20.3. The molecular formula is C18H31N3O3. The Balaban J connectivity index is 2.47. The van der Waals surface area contributed by atoms with Crippen LogP contribution < -0.4 is 15.4 Å². The molecule has 24 heavy (non-hydrogen) atoms. The van der Waals surface area contributed by atoms with E-state index in [-0.39, 0.29) is 0 Å². The van der Waals surface area contributed by atoms with Gasteiger partial charge in [0.1, 0.15) is 5.75 Å². The van der Waals surface area contributed by atoms with Crippen LogP contribution in [0, 0.1) is 5.92 Å². The van der Waals surface area contributed by atoms with Gasteiger partial charge in [0.05, 0.1) is 26.4 Å².